The summed E-state index contributed by atoms with van der Waals surface area (Å²) in [6, 6.07) is 9.25. The third-order valence-corrected chi connectivity index (χ3v) is 6.23. The molecular formula is C19H19Cl2N7S. The van der Waals surface area contributed by atoms with Crippen LogP contribution < -0.4 is 16.4 Å². The maximum absolute atomic E-state index is 6.29. The smallest absolute Gasteiger partial charge is 0.197 e. The van der Waals surface area contributed by atoms with Gasteiger partial charge in [-0.05, 0) is 23.6 Å². The predicted molar refractivity (Wildman–Crippen MR) is 121 cm³/mol. The monoisotopic (exact) mass is 447 g/mol. The molecule has 3 heterocycles. The van der Waals surface area contributed by atoms with E-state index in [9.17, 15) is 0 Å². The van der Waals surface area contributed by atoms with Crippen LogP contribution in [0.15, 0.2) is 46.9 Å². The number of guanidine groups is 1. The highest BCUT2D eigenvalue weighted by atomic mass is 35.5. The van der Waals surface area contributed by atoms with Crippen molar-refractivity contribution in [1.82, 2.24) is 14.9 Å². The Balaban J connectivity index is 1.47. The van der Waals surface area contributed by atoms with Crippen molar-refractivity contribution >= 4 is 57.1 Å². The van der Waals surface area contributed by atoms with E-state index in [0.717, 1.165) is 37.0 Å². The molecule has 0 radical (unpaired) electrons. The van der Waals surface area contributed by atoms with E-state index in [-0.39, 0.29) is 0 Å². The molecule has 4 rings (SSSR count). The van der Waals surface area contributed by atoms with Crippen LogP contribution in [0.25, 0.3) is 11.3 Å². The number of piperazine rings is 1. The second-order valence-electron chi connectivity index (χ2n) is 6.46. The Morgan fingerprint density at radius 1 is 1.10 bits per heavy atom. The number of rotatable bonds is 3. The minimum atomic E-state index is 0.313. The second kappa shape index (κ2) is 8.44. The molecule has 1 aliphatic rings. The number of anilines is 2. The summed E-state index contributed by atoms with van der Waals surface area (Å²) in [5, 5.41) is 3.75. The van der Waals surface area contributed by atoms with E-state index in [0.29, 0.717) is 33.1 Å². The van der Waals surface area contributed by atoms with Gasteiger partial charge in [-0.25, -0.2) is 15.0 Å². The van der Waals surface area contributed by atoms with E-state index in [1.807, 2.05) is 23.6 Å². The van der Waals surface area contributed by atoms with Crippen molar-refractivity contribution in [1.29, 1.82) is 0 Å². The van der Waals surface area contributed by atoms with Gasteiger partial charge in [-0.1, -0.05) is 35.3 Å². The van der Waals surface area contributed by atoms with Gasteiger partial charge in [0.25, 0.3) is 0 Å². The fourth-order valence-corrected chi connectivity index (χ4v) is 4.11. The Morgan fingerprint density at radius 2 is 1.90 bits per heavy atom. The second-order valence-corrected chi connectivity index (χ2v) is 8.17. The fourth-order valence-electron chi connectivity index (χ4n) is 3.12. The molecule has 1 saturated heterocycles. The molecule has 4 N–H and O–H groups in total. The lowest BCUT2D eigenvalue weighted by molar-refractivity contribution is 0.381. The molecular weight excluding hydrogens is 429 g/mol. The molecule has 0 bridgehead atoms. The van der Waals surface area contributed by atoms with Gasteiger partial charge in [-0.15, -0.1) is 11.3 Å². The van der Waals surface area contributed by atoms with Crippen molar-refractivity contribution in [3.63, 3.8) is 0 Å². The van der Waals surface area contributed by atoms with Crippen molar-refractivity contribution in [2.45, 2.75) is 0 Å². The highest BCUT2D eigenvalue weighted by Gasteiger charge is 2.21. The van der Waals surface area contributed by atoms with E-state index in [1.54, 1.807) is 29.7 Å². The van der Waals surface area contributed by atoms with Crippen LogP contribution in [0.1, 0.15) is 0 Å². The molecule has 0 atom stereocenters. The minimum Gasteiger partial charge on any atom is -0.382 e. The first-order chi connectivity index (χ1) is 14.0. The lowest BCUT2D eigenvalue weighted by Crippen LogP contribution is -2.51. The number of aliphatic imine (C=N–C) groups is 1. The summed E-state index contributed by atoms with van der Waals surface area (Å²) in [4.78, 5) is 17.7. The maximum atomic E-state index is 6.29. The van der Waals surface area contributed by atoms with Gasteiger partial charge in [-0.3, -0.25) is 0 Å². The molecule has 1 aromatic carbocycles. The molecule has 0 spiro atoms. The molecule has 1 aliphatic heterocycles. The Kier molecular flexibility index (Phi) is 5.75. The van der Waals surface area contributed by atoms with Crippen molar-refractivity contribution < 1.29 is 0 Å². The SMILES string of the molecule is N/C(=N\c1cccs1)N1CCN(c2cnc(-c3cccc(Cl)c3Cl)c(N)n2)CC1. The fraction of sp³-hybridized carbons (Fsp3) is 0.211. The first-order valence-electron chi connectivity index (χ1n) is 8.97. The van der Waals surface area contributed by atoms with Crippen LogP contribution in [0.5, 0.6) is 0 Å². The predicted octanol–water partition coefficient (Wildman–Crippen LogP) is 3.86. The highest BCUT2D eigenvalue weighted by molar-refractivity contribution is 7.13. The zero-order valence-corrected chi connectivity index (χ0v) is 17.8. The van der Waals surface area contributed by atoms with Crippen LogP contribution >= 0.6 is 34.5 Å². The van der Waals surface area contributed by atoms with Crippen LogP contribution in [0, 0.1) is 0 Å². The number of benzene rings is 1. The molecule has 0 amide bonds. The van der Waals surface area contributed by atoms with Gasteiger partial charge in [0.15, 0.2) is 11.8 Å². The van der Waals surface area contributed by atoms with Crippen LogP contribution in [-0.2, 0) is 0 Å². The van der Waals surface area contributed by atoms with Crippen LogP contribution in [0.4, 0.5) is 16.6 Å². The van der Waals surface area contributed by atoms with E-state index in [4.69, 9.17) is 34.7 Å². The van der Waals surface area contributed by atoms with Crippen LogP contribution in [-0.4, -0.2) is 47.0 Å². The molecule has 150 valence electrons. The number of nitrogens with two attached hydrogens (primary N) is 2. The number of aromatic nitrogens is 2. The molecule has 10 heteroatoms. The first-order valence-corrected chi connectivity index (χ1v) is 10.6. The summed E-state index contributed by atoms with van der Waals surface area (Å²) in [6.07, 6.45) is 1.71. The standard InChI is InChI=1S/C19H19Cl2N7S/c20-13-4-1-3-12(16(13)21)17-18(22)25-14(11-24-17)27-6-8-28(9-7-27)19(23)26-15-5-2-10-29-15/h1-5,10-11H,6-9H2,(H2,22,25)(H2,23,26). The third kappa shape index (κ3) is 4.24. The summed E-state index contributed by atoms with van der Waals surface area (Å²) >= 11 is 14.0. The topological polar surface area (TPSA) is 96.7 Å². The summed E-state index contributed by atoms with van der Waals surface area (Å²) in [5.74, 6) is 1.56. The lowest BCUT2D eigenvalue weighted by Gasteiger charge is -2.35. The van der Waals surface area contributed by atoms with Crippen LogP contribution in [0.3, 0.4) is 0 Å². The largest absolute Gasteiger partial charge is 0.382 e. The molecule has 0 aliphatic carbocycles. The Hall–Kier alpha value is -2.55. The lowest BCUT2D eigenvalue weighted by atomic mass is 10.1. The average molecular weight is 448 g/mol. The van der Waals surface area contributed by atoms with Gasteiger partial charge in [-0.2, -0.15) is 0 Å². The summed E-state index contributed by atoms with van der Waals surface area (Å²) in [7, 11) is 0. The van der Waals surface area contributed by atoms with Crippen LogP contribution in [0.2, 0.25) is 10.0 Å². The van der Waals surface area contributed by atoms with Gasteiger partial charge in [0.05, 0.1) is 16.2 Å². The summed E-state index contributed by atoms with van der Waals surface area (Å²) in [6.45, 7) is 2.96. The van der Waals surface area contributed by atoms with Gasteiger partial charge >= 0.3 is 0 Å². The Morgan fingerprint density at radius 3 is 2.59 bits per heavy atom. The minimum absolute atomic E-state index is 0.313. The number of thiophene rings is 1. The zero-order valence-electron chi connectivity index (χ0n) is 15.4. The first kappa shape index (κ1) is 19.8. The van der Waals surface area contributed by atoms with E-state index < -0.39 is 0 Å². The van der Waals surface area contributed by atoms with E-state index in [2.05, 4.69) is 24.8 Å². The van der Waals surface area contributed by atoms with Gasteiger partial charge in [0.1, 0.15) is 16.5 Å². The number of hydrogen-bond acceptors (Lipinski definition) is 6. The van der Waals surface area contributed by atoms with Gasteiger partial charge in [0, 0.05) is 31.7 Å². The molecule has 0 unspecified atom stereocenters. The van der Waals surface area contributed by atoms with Crippen molar-refractivity contribution in [2.75, 3.05) is 36.8 Å². The van der Waals surface area contributed by atoms with Crippen molar-refractivity contribution in [3.8, 4) is 11.3 Å². The normalized spacial score (nSPS) is 15.0. The summed E-state index contributed by atoms with van der Waals surface area (Å²) in [5.41, 5.74) is 13.5. The number of hydrogen-bond donors (Lipinski definition) is 2. The average Bonchev–Trinajstić information content (AvgIpc) is 3.23. The Bertz CT molecular complexity index is 1030. The number of halogens is 2. The zero-order chi connectivity index (χ0) is 20.4. The number of nitrogen functional groups attached to an aromatic ring is 1. The van der Waals surface area contributed by atoms with Crippen molar-refractivity contribution in [3.05, 3.63) is 52.0 Å². The molecule has 3 aromatic rings. The van der Waals surface area contributed by atoms with E-state index in [1.165, 1.54) is 0 Å². The molecule has 7 nitrogen and oxygen atoms in total. The Labute approximate surface area is 182 Å². The quantitative estimate of drug-likeness (QED) is 0.467. The third-order valence-electron chi connectivity index (χ3n) is 4.65. The molecule has 0 saturated carbocycles. The number of nitrogens with zero attached hydrogens (tertiary/aromatic N) is 5. The summed E-state index contributed by atoms with van der Waals surface area (Å²) < 4.78 is 0. The molecule has 1 fully saturated rings. The molecule has 29 heavy (non-hydrogen) atoms. The van der Waals surface area contributed by atoms with Crippen molar-refractivity contribution in [2.24, 2.45) is 10.7 Å². The highest BCUT2D eigenvalue weighted by Crippen LogP contribution is 2.35. The molecule has 2 aromatic heterocycles. The van der Waals surface area contributed by atoms with Gasteiger partial charge in [0.2, 0.25) is 0 Å². The maximum Gasteiger partial charge on any atom is 0.197 e. The van der Waals surface area contributed by atoms with Gasteiger partial charge < -0.3 is 21.3 Å². The van der Waals surface area contributed by atoms with E-state index >= 15 is 0 Å².